The third-order valence-electron chi connectivity index (χ3n) is 3.32. The highest BCUT2D eigenvalue weighted by Crippen LogP contribution is 2.30. The number of amides is 1. The summed E-state index contributed by atoms with van der Waals surface area (Å²) in [4.78, 5) is 16.9. The van der Waals surface area contributed by atoms with Crippen molar-refractivity contribution in [1.82, 2.24) is 4.90 Å². The summed E-state index contributed by atoms with van der Waals surface area (Å²) in [5.74, 6) is 0.793. The summed E-state index contributed by atoms with van der Waals surface area (Å²) in [7, 11) is 0. The van der Waals surface area contributed by atoms with E-state index in [0.717, 1.165) is 24.3 Å². The third-order valence-corrected chi connectivity index (χ3v) is 5.18. The van der Waals surface area contributed by atoms with Crippen molar-refractivity contribution in [2.45, 2.75) is 30.3 Å². The van der Waals surface area contributed by atoms with Crippen LogP contribution in [0.25, 0.3) is 0 Å². The maximum absolute atomic E-state index is 12.4. The second kappa shape index (κ2) is 6.46. The van der Waals surface area contributed by atoms with E-state index in [2.05, 4.69) is 28.5 Å². The summed E-state index contributed by atoms with van der Waals surface area (Å²) < 4.78 is 0. The van der Waals surface area contributed by atoms with Gasteiger partial charge in [0.15, 0.2) is 0 Å². The Morgan fingerprint density at radius 3 is 2.65 bits per heavy atom. The number of carbonyl (C=O) groups excluding carboxylic acids is 1. The summed E-state index contributed by atoms with van der Waals surface area (Å²) >= 11 is 3.35. The fraction of sp³-hybridized carbons (Fsp3) is 0.312. The second-order valence-corrected chi connectivity index (χ2v) is 7.01. The summed E-state index contributed by atoms with van der Waals surface area (Å²) in [6, 6.07) is 14.8. The molecular formula is C16H17NOS2. The number of benzene rings is 1. The van der Waals surface area contributed by atoms with Crippen molar-refractivity contribution in [2.24, 2.45) is 0 Å². The highest BCUT2D eigenvalue weighted by atomic mass is 32.2. The zero-order chi connectivity index (χ0) is 13.8. The molecule has 1 heterocycles. The number of hydrogen-bond acceptors (Lipinski definition) is 3. The van der Waals surface area contributed by atoms with Crippen LogP contribution in [0.3, 0.4) is 0 Å². The molecule has 1 amide bonds. The monoisotopic (exact) mass is 303 g/mol. The molecule has 1 fully saturated rings. The van der Waals surface area contributed by atoms with Gasteiger partial charge in [-0.25, -0.2) is 0 Å². The van der Waals surface area contributed by atoms with Crippen LogP contribution in [0.4, 0.5) is 0 Å². The van der Waals surface area contributed by atoms with E-state index in [1.54, 1.807) is 23.1 Å². The Hall–Kier alpha value is -1.26. The minimum atomic E-state index is 0.259. The minimum absolute atomic E-state index is 0.259. The molecule has 0 N–H and O–H groups in total. The van der Waals surface area contributed by atoms with Gasteiger partial charge in [0, 0.05) is 15.8 Å². The Bertz CT molecular complexity index is 549. The minimum Gasteiger partial charge on any atom is -0.334 e. The van der Waals surface area contributed by atoms with Crippen LogP contribution in [0.15, 0.2) is 52.7 Å². The fourth-order valence-corrected chi connectivity index (χ4v) is 3.63. The van der Waals surface area contributed by atoms with Crippen LogP contribution in [0.1, 0.15) is 17.7 Å². The van der Waals surface area contributed by atoms with Gasteiger partial charge < -0.3 is 4.90 Å². The predicted molar refractivity (Wildman–Crippen MR) is 85.1 cm³/mol. The lowest BCUT2D eigenvalue weighted by Crippen LogP contribution is -2.33. The maximum atomic E-state index is 12.4. The number of hydrogen-bond donors (Lipinski definition) is 0. The van der Waals surface area contributed by atoms with Crippen LogP contribution >= 0.6 is 23.1 Å². The zero-order valence-corrected chi connectivity index (χ0v) is 12.8. The van der Waals surface area contributed by atoms with Gasteiger partial charge in [-0.2, -0.15) is 0 Å². The largest absolute Gasteiger partial charge is 0.334 e. The normalized spacial score (nSPS) is 14.2. The van der Waals surface area contributed by atoms with Gasteiger partial charge in [-0.15, -0.1) is 23.1 Å². The van der Waals surface area contributed by atoms with Crippen molar-refractivity contribution >= 4 is 29.0 Å². The van der Waals surface area contributed by atoms with Crippen molar-refractivity contribution in [3.05, 3.63) is 52.7 Å². The molecule has 0 saturated heterocycles. The summed E-state index contributed by atoms with van der Waals surface area (Å²) in [6.07, 6.45) is 2.32. The summed E-state index contributed by atoms with van der Waals surface area (Å²) in [5, 5.41) is 2.07. The number of thiophene rings is 1. The Labute approximate surface area is 127 Å². The van der Waals surface area contributed by atoms with E-state index in [9.17, 15) is 4.79 Å². The van der Waals surface area contributed by atoms with E-state index in [0.29, 0.717) is 11.8 Å². The summed E-state index contributed by atoms with van der Waals surface area (Å²) in [6.45, 7) is 0.774. The molecule has 0 bridgehead atoms. The lowest BCUT2D eigenvalue weighted by molar-refractivity contribution is -0.129. The molecule has 0 spiro atoms. The number of nitrogens with zero attached hydrogens (tertiary/aromatic N) is 1. The lowest BCUT2D eigenvalue weighted by Gasteiger charge is -2.21. The molecule has 3 rings (SSSR count). The van der Waals surface area contributed by atoms with Crippen molar-refractivity contribution in [3.8, 4) is 0 Å². The lowest BCUT2D eigenvalue weighted by atomic mass is 10.4. The predicted octanol–water partition coefficient (Wildman–Crippen LogP) is 4.03. The molecule has 1 saturated carbocycles. The third kappa shape index (κ3) is 3.64. The first-order chi connectivity index (χ1) is 9.83. The molecule has 1 aromatic heterocycles. The quantitative estimate of drug-likeness (QED) is 0.751. The fourth-order valence-electron chi connectivity index (χ4n) is 2.12. The first-order valence-electron chi connectivity index (χ1n) is 6.82. The van der Waals surface area contributed by atoms with Crippen molar-refractivity contribution < 1.29 is 4.79 Å². The highest BCUT2D eigenvalue weighted by molar-refractivity contribution is 8.00. The smallest absolute Gasteiger partial charge is 0.233 e. The van der Waals surface area contributed by atoms with Gasteiger partial charge in [-0.05, 0) is 36.4 Å². The van der Waals surface area contributed by atoms with Gasteiger partial charge in [-0.3, -0.25) is 4.79 Å². The Balaban J connectivity index is 1.58. The van der Waals surface area contributed by atoms with E-state index >= 15 is 0 Å². The molecule has 2 aromatic rings. The molecule has 2 nitrogen and oxygen atoms in total. The van der Waals surface area contributed by atoms with Gasteiger partial charge in [0.25, 0.3) is 0 Å². The maximum Gasteiger partial charge on any atom is 0.233 e. The van der Waals surface area contributed by atoms with Crippen LogP contribution in [0.2, 0.25) is 0 Å². The first kappa shape index (κ1) is 13.7. The number of rotatable bonds is 6. The van der Waals surface area contributed by atoms with Crippen molar-refractivity contribution in [1.29, 1.82) is 0 Å². The van der Waals surface area contributed by atoms with Gasteiger partial charge in [0.05, 0.1) is 12.3 Å². The summed E-state index contributed by atoms with van der Waals surface area (Å²) in [5.41, 5.74) is 0. The zero-order valence-electron chi connectivity index (χ0n) is 11.2. The van der Waals surface area contributed by atoms with E-state index in [4.69, 9.17) is 0 Å². The number of thioether (sulfide) groups is 1. The van der Waals surface area contributed by atoms with Crippen molar-refractivity contribution in [3.63, 3.8) is 0 Å². The average Bonchev–Trinajstić information content (AvgIpc) is 3.20. The molecule has 1 aliphatic rings. The topological polar surface area (TPSA) is 20.3 Å². The van der Waals surface area contributed by atoms with Gasteiger partial charge in [0.2, 0.25) is 5.91 Å². The van der Waals surface area contributed by atoms with Gasteiger partial charge >= 0.3 is 0 Å². The van der Waals surface area contributed by atoms with Gasteiger partial charge in [0.1, 0.15) is 0 Å². The van der Waals surface area contributed by atoms with E-state index < -0.39 is 0 Å². The number of carbonyl (C=O) groups is 1. The Morgan fingerprint density at radius 1 is 1.20 bits per heavy atom. The molecule has 104 valence electrons. The van der Waals surface area contributed by atoms with Crippen molar-refractivity contribution in [2.75, 3.05) is 5.75 Å². The Kier molecular flexibility index (Phi) is 4.43. The first-order valence-corrected chi connectivity index (χ1v) is 8.69. The van der Waals surface area contributed by atoms with Crippen LogP contribution < -0.4 is 0 Å². The van der Waals surface area contributed by atoms with Crippen LogP contribution in [0.5, 0.6) is 0 Å². The van der Waals surface area contributed by atoms with Crippen LogP contribution in [0, 0.1) is 0 Å². The SMILES string of the molecule is O=C(CSc1ccccc1)N(Cc1cccs1)C1CC1. The molecule has 0 aliphatic heterocycles. The molecule has 20 heavy (non-hydrogen) atoms. The average molecular weight is 303 g/mol. The van der Waals surface area contributed by atoms with Crippen LogP contribution in [-0.2, 0) is 11.3 Å². The van der Waals surface area contributed by atoms with Gasteiger partial charge in [-0.1, -0.05) is 24.3 Å². The standard InChI is InChI=1S/C16H17NOS2/c18-16(12-20-14-5-2-1-3-6-14)17(13-8-9-13)11-15-7-4-10-19-15/h1-7,10,13H,8-9,11-12H2. The highest BCUT2D eigenvalue weighted by Gasteiger charge is 2.32. The second-order valence-electron chi connectivity index (χ2n) is 4.93. The Morgan fingerprint density at radius 2 is 2.00 bits per heavy atom. The molecule has 1 aliphatic carbocycles. The molecule has 0 unspecified atom stereocenters. The van der Waals surface area contributed by atoms with E-state index in [-0.39, 0.29) is 5.91 Å². The van der Waals surface area contributed by atoms with E-state index in [1.807, 2.05) is 24.3 Å². The molecule has 0 radical (unpaired) electrons. The van der Waals surface area contributed by atoms with E-state index in [1.165, 1.54) is 4.88 Å². The molecule has 4 heteroatoms. The molecular weight excluding hydrogens is 286 g/mol. The molecule has 1 aromatic carbocycles. The molecule has 0 atom stereocenters. The van der Waals surface area contributed by atoms with Crippen LogP contribution in [-0.4, -0.2) is 22.6 Å².